The third-order valence-electron chi connectivity index (χ3n) is 3.85. The molecule has 1 heterocycles. The van der Waals surface area contributed by atoms with E-state index in [9.17, 15) is 18.0 Å². The van der Waals surface area contributed by atoms with Gasteiger partial charge in [-0.25, -0.2) is 13.1 Å². The van der Waals surface area contributed by atoms with E-state index in [0.29, 0.717) is 18.0 Å². The summed E-state index contributed by atoms with van der Waals surface area (Å²) in [5.41, 5.74) is 0. The van der Waals surface area contributed by atoms with Crippen LogP contribution < -0.4 is 10.0 Å². The van der Waals surface area contributed by atoms with E-state index in [1.165, 1.54) is 12.1 Å². The fraction of sp³-hybridized carbons (Fsp3) is 0.500. The minimum atomic E-state index is -3.67. The lowest BCUT2D eigenvalue weighted by molar-refractivity contribution is -0.135. The van der Waals surface area contributed by atoms with Crippen LogP contribution in [-0.4, -0.2) is 51.3 Å². The minimum absolute atomic E-state index is 0.00527. The number of sulfonamides is 1. The second kappa shape index (κ2) is 9.17. The number of amides is 2. The monoisotopic (exact) mass is 387 g/mol. The van der Waals surface area contributed by atoms with Crippen LogP contribution in [0.5, 0.6) is 0 Å². The maximum Gasteiger partial charge on any atom is 0.240 e. The molecule has 1 fully saturated rings. The summed E-state index contributed by atoms with van der Waals surface area (Å²) in [4.78, 5) is 25.4. The van der Waals surface area contributed by atoms with E-state index in [2.05, 4.69) is 10.0 Å². The van der Waals surface area contributed by atoms with Crippen LogP contribution >= 0.6 is 11.6 Å². The third kappa shape index (κ3) is 6.30. The van der Waals surface area contributed by atoms with Gasteiger partial charge in [-0.2, -0.15) is 0 Å². The first-order valence-electron chi connectivity index (χ1n) is 8.18. The molecule has 1 aliphatic heterocycles. The molecule has 2 amide bonds. The van der Waals surface area contributed by atoms with Crippen LogP contribution in [0.1, 0.15) is 25.7 Å². The maximum atomic E-state index is 12.1. The topological polar surface area (TPSA) is 95.6 Å². The van der Waals surface area contributed by atoms with E-state index in [1.807, 2.05) is 0 Å². The van der Waals surface area contributed by atoms with Crippen LogP contribution in [0.25, 0.3) is 0 Å². The Bertz CT molecular complexity index is 724. The number of hydrogen-bond acceptors (Lipinski definition) is 4. The minimum Gasteiger partial charge on any atom is -0.353 e. The maximum absolute atomic E-state index is 12.1. The zero-order chi connectivity index (χ0) is 18.3. The lowest BCUT2D eigenvalue weighted by Crippen LogP contribution is -2.42. The molecule has 9 heteroatoms. The van der Waals surface area contributed by atoms with Crippen molar-refractivity contribution in [3.63, 3.8) is 0 Å². The molecule has 138 valence electrons. The van der Waals surface area contributed by atoms with Crippen molar-refractivity contribution in [2.75, 3.05) is 26.2 Å². The van der Waals surface area contributed by atoms with Gasteiger partial charge in [0.15, 0.2) is 0 Å². The standard InChI is InChI=1S/C16H22ClN3O4S/c17-13-5-4-6-14(11-13)25(23,24)19-9-8-18-15(21)12-20-10-3-1-2-7-16(20)22/h4-6,11,19H,1-3,7-10,12H2,(H,18,21). The van der Waals surface area contributed by atoms with Gasteiger partial charge in [-0.15, -0.1) is 0 Å². The van der Waals surface area contributed by atoms with Gasteiger partial charge in [0.25, 0.3) is 0 Å². The number of carbonyl (C=O) groups excluding carboxylic acids is 2. The Morgan fingerprint density at radius 1 is 1.20 bits per heavy atom. The van der Waals surface area contributed by atoms with E-state index in [-0.39, 0.29) is 36.3 Å². The van der Waals surface area contributed by atoms with Crippen LogP contribution in [0, 0.1) is 0 Å². The van der Waals surface area contributed by atoms with E-state index in [4.69, 9.17) is 11.6 Å². The fourth-order valence-electron chi connectivity index (χ4n) is 2.54. The smallest absolute Gasteiger partial charge is 0.240 e. The molecule has 1 aromatic rings. The SMILES string of the molecule is O=C(CN1CCCCCC1=O)NCCNS(=O)(=O)c1cccc(Cl)c1. The average molecular weight is 388 g/mol. The summed E-state index contributed by atoms with van der Waals surface area (Å²) < 4.78 is 26.6. The van der Waals surface area contributed by atoms with Gasteiger partial charge in [0.1, 0.15) is 0 Å². The second-order valence-corrected chi connectivity index (χ2v) is 8.03. The summed E-state index contributed by atoms with van der Waals surface area (Å²) >= 11 is 5.79. The average Bonchev–Trinajstić information content (AvgIpc) is 2.76. The molecular formula is C16H22ClN3O4S. The molecule has 1 saturated heterocycles. The van der Waals surface area contributed by atoms with Crippen molar-refractivity contribution in [2.24, 2.45) is 0 Å². The van der Waals surface area contributed by atoms with Gasteiger partial charge in [0, 0.05) is 31.1 Å². The lowest BCUT2D eigenvalue weighted by Gasteiger charge is -2.19. The molecule has 0 atom stereocenters. The van der Waals surface area contributed by atoms with Crippen LogP contribution in [0.2, 0.25) is 5.02 Å². The Hall–Kier alpha value is -1.64. The fourth-order valence-corrected chi connectivity index (χ4v) is 3.87. The first-order valence-corrected chi connectivity index (χ1v) is 10.0. The first-order chi connectivity index (χ1) is 11.9. The van der Waals surface area contributed by atoms with Gasteiger partial charge in [-0.05, 0) is 31.0 Å². The lowest BCUT2D eigenvalue weighted by atomic mass is 10.2. The Morgan fingerprint density at radius 3 is 2.76 bits per heavy atom. The van der Waals surface area contributed by atoms with Crippen LogP contribution in [-0.2, 0) is 19.6 Å². The highest BCUT2D eigenvalue weighted by Gasteiger charge is 2.19. The van der Waals surface area contributed by atoms with Crippen LogP contribution in [0.4, 0.5) is 0 Å². The third-order valence-corrected chi connectivity index (χ3v) is 5.55. The van der Waals surface area contributed by atoms with E-state index >= 15 is 0 Å². The normalized spacial score (nSPS) is 15.7. The number of likely N-dealkylation sites (tertiary alicyclic amines) is 1. The van der Waals surface area contributed by atoms with Crippen molar-refractivity contribution >= 4 is 33.4 Å². The molecule has 0 saturated carbocycles. The number of carbonyl (C=O) groups is 2. The largest absolute Gasteiger partial charge is 0.353 e. The van der Waals surface area contributed by atoms with Gasteiger partial charge in [-0.3, -0.25) is 9.59 Å². The van der Waals surface area contributed by atoms with E-state index < -0.39 is 10.0 Å². The molecule has 0 aliphatic carbocycles. The number of rotatable bonds is 7. The zero-order valence-corrected chi connectivity index (χ0v) is 15.4. The van der Waals surface area contributed by atoms with Crippen molar-refractivity contribution in [1.29, 1.82) is 0 Å². The molecule has 1 aromatic carbocycles. The molecule has 0 radical (unpaired) electrons. The quantitative estimate of drug-likeness (QED) is 0.686. The highest BCUT2D eigenvalue weighted by atomic mass is 35.5. The Labute approximate surface area is 152 Å². The van der Waals surface area contributed by atoms with Gasteiger partial charge in [0.05, 0.1) is 11.4 Å². The molecule has 0 bridgehead atoms. The molecule has 1 aliphatic rings. The number of nitrogens with zero attached hydrogens (tertiary/aromatic N) is 1. The predicted molar refractivity (Wildman–Crippen MR) is 94.7 cm³/mol. The summed E-state index contributed by atoms with van der Waals surface area (Å²) in [5.74, 6) is -0.300. The summed E-state index contributed by atoms with van der Waals surface area (Å²) in [6, 6.07) is 5.94. The zero-order valence-electron chi connectivity index (χ0n) is 13.8. The Kier molecular flexibility index (Phi) is 7.22. The van der Waals surface area contributed by atoms with Crippen molar-refractivity contribution < 1.29 is 18.0 Å². The highest BCUT2D eigenvalue weighted by molar-refractivity contribution is 7.89. The molecule has 2 N–H and O–H groups in total. The van der Waals surface area contributed by atoms with Gasteiger partial charge in [-0.1, -0.05) is 24.1 Å². The predicted octanol–water partition coefficient (Wildman–Crippen LogP) is 1.14. The van der Waals surface area contributed by atoms with E-state index in [1.54, 1.807) is 17.0 Å². The summed E-state index contributed by atoms with van der Waals surface area (Å²) in [6.45, 7) is 0.794. The summed E-state index contributed by atoms with van der Waals surface area (Å²) in [7, 11) is -3.67. The Balaban J connectivity index is 1.75. The number of hydrogen-bond donors (Lipinski definition) is 2. The van der Waals surface area contributed by atoms with Crippen molar-refractivity contribution in [2.45, 2.75) is 30.6 Å². The summed E-state index contributed by atoms with van der Waals surface area (Å²) in [6.07, 6.45) is 3.24. The van der Waals surface area contributed by atoms with Crippen molar-refractivity contribution in [3.05, 3.63) is 29.3 Å². The molecular weight excluding hydrogens is 366 g/mol. The van der Waals surface area contributed by atoms with Gasteiger partial charge >= 0.3 is 0 Å². The Morgan fingerprint density at radius 2 is 2.00 bits per heavy atom. The summed E-state index contributed by atoms with van der Waals surface area (Å²) in [5, 5.41) is 2.95. The first kappa shape index (κ1) is 19.7. The van der Waals surface area contributed by atoms with Gasteiger partial charge < -0.3 is 10.2 Å². The highest BCUT2D eigenvalue weighted by Crippen LogP contribution is 2.15. The number of benzene rings is 1. The van der Waals surface area contributed by atoms with Crippen molar-refractivity contribution in [1.82, 2.24) is 14.9 Å². The molecule has 0 unspecified atom stereocenters. The van der Waals surface area contributed by atoms with E-state index in [0.717, 1.165) is 19.3 Å². The van der Waals surface area contributed by atoms with Crippen molar-refractivity contribution in [3.8, 4) is 0 Å². The molecule has 0 spiro atoms. The number of nitrogens with one attached hydrogen (secondary N) is 2. The molecule has 0 aromatic heterocycles. The molecule has 2 rings (SSSR count). The van der Waals surface area contributed by atoms with Crippen LogP contribution in [0.3, 0.4) is 0 Å². The molecule has 7 nitrogen and oxygen atoms in total. The second-order valence-electron chi connectivity index (χ2n) is 5.83. The molecule has 25 heavy (non-hydrogen) atoms. The van der Waals surface area contributed by atoms with Gasteiger partial charge in [0.2, 0.25) is 21.8 Å². The number of halogens is 1. The van der Waals surface area contributed by atoms with Crippen LogP contribution in [0.15, 0.2) is 29.2 Å².